The van der Waals surface area contributed by atoms with Crippen LogP contribution in [-0.4, -0.2) is 22.0 Å². The topological polar surface area (TPSA) is 29.9 Å². The molecule has 1 fully saturated rings. The molecule has 0 bridgehead atoms. The predicted molar refractivity (Wildman–Crippen MR) is 66.6 cm³/mol. The van der Waals surface area contributed by atoms with Crippen LogP contribution in [0.4, 0.5) is 8.78 Å². The molecule has 0 radical (unpaired) electrons. The minimum absolute atomic E-state index is 0.00634. The summed E-state index contributed by atoms with van der Waals surface area (Å²) in [4.78, 5) is 4.35. The first-order valence-electron chi connectivity index (χ1n) is 6.69. The largest absolute Gasteiger partial charge is 0.334 e. The zero-order chi connectivity index (χ0) is 13.2. The number of aromatic nitrogens is 2. The summed E-state index contributed by atoms with van der Waals surface area (Å²) in [5.41, 5.74) is 0. The fourth-order valence-corrected chi connectivity index (χ4v) is 2.82. The zero-order valence-corrected chi connectivity index (χ0v) is 11.0. The molecule has 1 saturated carbocycles. The lowest BCUT2D eigenvalue weighted by molar-refractivity contribution is 0.00308. The van der Waals surface area contributed by atoms with E-state index in [2.05, 4.69) is 10.3 Å². The Bertz CT molecular complexity index is 389. The van der Waals surface area contributed by atoms with Gasteiger partial charge in [0.2, 0.25) is 5.92 Å². The summed E-state index contributed by atoms with van der Waals surface area (Å²) in [5, 5.41) is 3.32. The van der Waals surface area contributed by atoms with Gasteiger partial charge in [-0.25, -0.2) is 13.8 Å². The summed E-state index contributed by atoms with van der Waals surface area (Å²) in [6.45, 7) is 5.63. The van der Waals surface area contributed by atoms with Crippen LogP contribution in [-0.2, 0) is 6.54 Å². The Morgan fingerprint density at radius 3 is 2.89 bits per heavy atom. The van der Waals surface area contributed by atoms with Crippen LogP contribution >= 0.6 is 0 Å². The van der Waals surface area contributed by atoms with Crippen molar-refractivity contribution in [2.24, 2.45) is 5.92 Å². The summed E-state index contributed by atoms with van der Waals surface area (Å²) < 4.78 is 28.8. The number of nitrogens with zero attached hydrogens (tertiary/aromatic N) is 2. The van der Waals surface area contributed by atoms with Gasteiger partial charge in [0.15, 0.2) is 0 Å². The van der Waals surface area contributed by atoms with E-state index >= 15 is 0 Å². The average molecular weight is 257 g/mol. The van der Waals surface area contributed by atoms with Gasteiger partial charge in [-0.15, -0.1) is 0 Å². The number of aryl methyl sites for hydroxylation is 1. The number of hydrogen-bond acceptors (Lipinski definition) is 2. The van der Waals surface area contributed by atoms with Crippen LogP contribution in [0.1, 0.15) is 45.0 Å². The third-order valence-electron chi connectivity index (χ3n) is 3.70. The number of nitrogens with one attached hydrogen (secondary N) is 1. The van der Waals surface area contributed by atoms with Crippen molar-refractivity contribution in [3.63, 3.8) is 0 Å². The monoisotopic (exact) mass is 257 g/mol. The number of halogens is 2. The lowest BCUT2D eigenvalue weighted by Crippen LogP contribution is -2.30. The highest BCUT2D eigenvalue weighted by Crippen LogP contribution is 2.44. The fourth-order valence-electron chi connectivity index (χ4n) is 2.82. The lowest BCUT2D eigenvalue weighted by atomic mass is 9.97. The Balaban J connectivity index is 2.18. The van der Waals surface area contributed by atoms with Crippen molar-refractivity contribution in [3.8, 4) is 0 Å². The molecule has 3 nitrogen and oxygen atoms in total. The molecule has 1 aliphatic rings. The molecule has 1 N–H and O–H groups in total. The van der Waals surface area contributed by atoms with Gasteiger partial charge in [-0.05, 0) is 25.8 Å². The Kier molecular flexibility index (Phi) is 4.00. The van der Waals surface area contributed by atoms with Crippen LogP contribution in [0.5, 0.6) is 0 Å². The van der Waals surface area contributed by atoms with E-state index in [9.17, 15) is 8.78 Å². The molecule has 0 saturated heterocycles. The number of hydrogen-bond donors (Lipinski definition) is 1. The van der Waals surface area contributed by atoms with E-state index in [4.69, 9.17) is 0 Å². The Hall–Kier alpha value is -0.970. The highest BCUT2D eigenvalue weighted by atomic mass is 19.3. The maximum absolute atomic E-state index is 13.4. The van der Waals surface area contributed by atoms with E-state index in [1.807, 2.05) is 24.6 Å². The first-order chi connectivity index (χ1) is 8.57. The zero-order valence-electron chi connectivity index (χ0n) is 11.0. The van der Waals surface area contributed by atoms with Gasteiger partial charge in [-0.2, -0.15) is 0 Å². The molecule has 1 aromatic heterocycles. The summed E-state index contributed by atoms with van der Waals surface area (Å²) in [7, 11) is 0. The van der Waals surface area contributed by atoms with Crippen molar-refractivity contribution in [2.45, 2.75) is 51.6 Å². The van der Waals surface area contributed by atoms with E-state index in [-0.39, 0.29) is 24.8 Å². The molecule has 1 aromatic rings. The maximum atomic E-state index is 13.4. The molecule has 2 atom stereocenters. The quantitative estimate of drug-likeness (QED) is 0.878. The van der Waals surface area contributed by atoms with Crippen LogP contribution in [0, 0.1) is 5.92 Å². The highest BCUT2D eigenvalue weighted by Gasteiger charge is 2.43. The number of imidazole rings is 1. The molecule has 0 aromatic carbocycles. The summed E-state index contributed by atoms with van der Waals surface area (Å²) in [6.07, 6.45) is 4.21. The molecule has 0 spiro atoms. The highest BCUT2D eigenvalue weighted by molar-refractivity contribution is 5.04. The second-order valence-corrected chi connectivity index (χ2v) is 4.97. The normalized spacial score (nSPS) is 24.3. The Morgan fingerprint density at radius 2 is 2.33 bits per heavy atom. The van der Waals surface area contributed by atoms with Gasteiger partial charge in [-0.1, -0.05) is 6.92 Å². The van der Waals surface area contributed by atoms with Gasteiger partial charge in [0, 0.05) is 31.8 Å². The molecule has 0 amide bonds. The molecular weight excluding hydrogens is 236 g/mol. The second kappa shape index (κ2) is 5.34. The molecule has 18 heavy (non-hydrogen) atoms. The van der Waals surface area contributed by atoms with Gasteiger partial charge in [-0.3, -0.25) is 0 Å². The number of rotatable bonds is 5. The average Bonchev–Trinajstić information content (AvgIpc) is 2.92. The van der Waals surface area contributed by atoms with Crippen LogP contribution in [0.2, 0.25) is 0 Å². The smallest absolute Gasteiger partial charge is 0.248 e. The molecule has 5 heteroatoms. The minimum atomic E-state index is -2.50. The third kappa shape index (κ3) is 2.71. The van der Waals surface area contributed by atoms with Crippen LogP contribution < -0.4 is 5.32 Å². The molecule has 2 unspecified atom stereocenters. The van der Waals surface area contributed by atoms with E-state index in [1.54, 1.807) is 6.20 Å². The standard InChI is InChI=1S/C13H21F2N3/c1-3-16-11(10-5-6-13(14,15)9-10)12-17-7-8-18(12)4-2/h7-8,10-11,16H,3-6,9H2,1-2H3. The van der Waals surface area contributed by atoms with Gasteiger partial charge < -0.3 is 9.88 Å². The van der Waals surface area contributed by atoms with Crippen molar-refractivity contribution in [1.82, 2.24) is 14.9 Å². The summed E-state index contributed by atoms with van der Waals surface area (Å²) in [5.74, 6) is -1.63. The van der Waals surface area contributed by atoms with Gasteiger partial charge >= 0.3 is 0 Å². The van der Waals surface area contributed by atoms with E-state index in [0.29, 0.717) is 6.42 Å². The molecule has 102 valence electrons. The second-order valence-electron chi connectivity index (χ2n) is 4.97. The predicted octanol–water partition coefficient (Wildman–Crippen LogP) is 2.99. The lowest BCUT2D eigenvalue weighted by Gasteiger charge is -2.24. The van der Waals surface area contributed by atoms with Gasteiger partial charge in [0.05, 0.1) is 6.04 Å². The van der Waals surface area contributed by atoms with Crippen molar-refractivity contribution in [1.29, 1.82) is 0 Å². The maximum Gasteiger partial charge on any atom is 0.248 e. The molecule has 1 aliphatic carbocycles. The first-order valence-corrected chi connectivity index (χ1v) is 6.69. The Labute approximate surface area is 107 Å². The third-order valence-corrected chi connectivity index (χ3v) is 3.70. The van der Waals surface area contributed by atoms with E-state index in [0.717, 1.165) is 18.9 Å². The van der Waals surface area contributed by atoms with Crippen LogP contribution in [0.3, 0.4) is 0 Å². The fraction of sp³-hybridized carbons (Fsp3) is 0.769. The first kappa shape index (κ1) is 13.5. The minimum Gasteiger partial charge on any atom is -0.334 e. The van der Waals surface area contributed by atoms with E-state index < -0.39 is 5.92 Å². The van der Waals surface area contributed by atoms with E-state index in [1.165, 1.54) is 0 Å². The molecule has 1 heterocycles. The summed E-state index contributed by atoms with van der Waals surface area (Å²) in [6, 6.07) is -0.0571. The van der Waals surface area contributed by atoms with Crippen LogP contribution in [0.25, 0.3) is 0 Å². The SMILES string of the molecule is CCNC(c1nccn1CC)C1CCC(F)(F)C1. The van der Waals surface area contributed by atoms with Crippen molar-refractivity contribution in [2.75, 3.05) is 6.54 Å². The summed E-state index contributed by atoms with van der Waals surface area (Å²) >= 11 is 0. The molecule has 0 aliphatic heterocycles. The molecule has 2 rings (SSSR count). The van der Waals surface area contributed by atoms with Crippen molar-refractivity contribution in [3.05, 3.63) is 18.2 Å². The van der Waals surface area contributed by atoms with Crippen molar-refractivity contribution >= 4 is 0 Å². The van der Waals surface area contributed by atoms with Gasteiger partial charge in [0.25, 0.3) is 0 Å². The Morgan fingerprint density at radius 1 is 1.56 bits per heavy atom. The van der Waals surface area contributed by atoms with Gasteiger partial charge in [0.1, 0.15) is 5.82 Å². The van der Waals surface area contributed by atoms with Crippen molar-refractivity contribution < 1.29 is 8.78 Å². The molecular formula is C13H21F2N3. The number of alkyl halides is 2. The van der Waals surface area contributed by atoms with Crippen LogP contribution in [0.15, 0.2) is 12.4 Å².